The summed E-state index contributed by atoms with van der Waals surface area (Å²) >= 11 is 4.30. The number of halogens is 4. The van der Waals surface area contributed by atoms with E-state index in [0.717, 1.165) is 0 Å². The fourth-order valence-corrected chi connectivity index (χ4v) is 1.78. The molecule has 0 bridgehead atoms. The van der Waals surface area contributed by atoms with Gasteiger partial charge in [0, 0.05) is 11.8 Å². The summed E-state index contributed by atoms with van der Waals surface area (Å²) < 4.78 is 36.5. The first-order valence-electron chi connectivity index (χ1n) is 3.32. The van der Waals surface area contributed by atoms with E-state index in [1.807, 2.05) is 0 Å². The van der Waals surface area contributed by atoms with E-state index in [2.05, 4.69) is 20.9 Å². The van der Waals surface area contributed by atoms with Gasteiger partial charge >= 0.3 is 6.18 Å². The fourth-order valence-electron chi connectivity index (χ4n) is 0.717. The molecule has 1 rings (SSSR count). The minimum absolute atomic E-state index is 0.272. The maximum atomic E-state index is 12.0. The second kappa shape index (κ2) is 3.93. The summed E-state index contributed by atoms with van der Waals surface area (Å²) in [5.41, 5.74) is 5.28. The van der Waals surface area contributed by atoms with Crippen LogP contribution in [0.15, 0.2) is 9.30 Å². The van der Waals surface area contributed by atoms with Gasteiger partial charge in [-0.15, -0.1) is 11.3 Å². The highest BCUT2D eigenvalue weighted by Gasteiger charge is 2.36. The van der Waals surface area contributed by atoms with Gasteiger partial charge in [-0.05, 0) is 15.9 Å². The molecular formula is C6H6BrF3N2S. The standard InChI is InChI=1S/C6H6BrF3N2S/c7-5-12-3(2-13-5)1-4(11)6(8,9)10/h2,4H,1,11H2. The summed E-state index contributed by atoms with van der Waals surface area (Å²) in [4.78, 5) is 3.82. The number of hydrogen-bond donors (Lipinski definition) is 1. The van der Waals surface area contributed by atoms with Crippen molar-refractivity contribution >= 4 is 27.3 Å². The van der Waals surface area contributed by atoms with E-state index < -0.39 is 12.2 Å². The van der Waals surface area contributed by atoms with Gasteiger partial charge in [0.25, 0.3) is 0 Å². The van der Waals surface area contributed by atoms with Crippen LogP contribution in [0.3, 0.4) is 0 Å². The van der Waals surface area contributed by atoms with Gasteiger partial charge in [0.2, 0.25) is 0 Å². The summed E-state index contributed by atoms with van der Waals surface area (Å²) in [6.07, 6.45) is -4.62. The molecule has 2 nitrogen and oxygen atoms in total. The molecule has 1 aromatic heterocycles. The van der Waals surface area contributed by atoms with Crippen molar-refractivity contribution in [3.8, 4) is 0 Å². The summed E-state index contributed by atoms with van der Waals surface area (Å²) in [5.74, 6) is 0. The van der Waals surface area contributed by atoms with Crippen LogP contribution in [0, 0.1) is 0 Å². The largest absolute Gasteiger partial charge is 0.404 e. The lowest BCUT2D eigenvalue weighted by molar-refractivity contribution is -0.147. The molecule has 0 amide bonds. The van der Waals surface area contributed by atoms with E-state index in [4.69, 9.17) is 5.73 Å². The Kier molecular flexibility index (Phi) is 3.31. The van der Waals surface area contributed by atoms with Crippen molar-refractivity contribution in [1.29, 1.82) is 0 Å². The van der Waals surface area contributed by atoms with Crippen LogP contribution in [0.4, 0.5) is 13.2 Å². The van der Waals surface area contributed by atoms with Gasteiger partial charge in [0.1, 0.15) is 6.04 Å². The van der Waals surface area contributed by atoms with Crippen LogP contribution >= 0.6 is 27.3 Å². The molecule has 0 saturated heterocycles. The number of hydrogen-bond acceptors (Lipinski definition) is 3. The van der Waals surface area contributed by atoms with Crippen molar-refractivity contribution < 1.29 is 13.2 Å². The van der Waals surface area contributed by atoms with E-state index in [0.29, 0.717) is 9.61 Å². The molecule has 0 aliphatic rings. The van der Waals surface area contributed by atoms with Crippen LogP contribution < -0.4 is 5.73 Å². The summed E-state index contributed by atoms with van der Waals surface area (Å²) in [6.45, 7) is 0. The smallest absolute Gasteiger partial charge is 0.320 e. The van der Waals surface area contributed by atoms with Gasteiger partial charge in [-0.25, -0.2) is 4.98 Å². The third-order valence-electron chi connectivity index (χ3n) is 1.37. The van der Waals surface area contributed by atoms with Gasteiger partial charge in [-0.2, -0.15) is 13.2 Å². The Morgan fingerprint density at radius 2 is 2.23 bits per heavy atom. The van der Waals surface area contributed by atoms with Crippen molar-refractivity contribution in [2.24, 2.45) is 5.73 Å². The maximum Gasteiger partial charge on any atom is 0.404 e. The molecule has 2 N–H and O–H groups in total. The van der Waals surface area contributed by atoms with Crippen molar-refractivity contribution in [3.05, 3.63) is 15.0 Å². The SMILES string of the molecule is NC(Cc1csc(Br)n1)C(F)(F)F. The van der Waals surface area contributed by atoms with Crippen LogP contribution in [0.1, 0.15) is 5.69 Å². The first-order valence-corrected chi connectivity index (χ1v) is 4.99. The molecule has 7 heteroatoms. The summed E-state index contributed by atoms with van der Waals surface area (Å²) in [7, 11) is 0. The fraction of sp³-hybridized carbons (Fsp3) is 0.500. The second-order valence-corrected chi connectivity index (χ2v) is 4.58. The molecule has 1 unspecified atom stereocenters. The van der Waals surface area contributed by atoms with Crippen LogP contribution in [0.5, 0.6) is 0 Å². The molecular weight excluding hydrogens is 269 g/mol. The predicted octanol–water partition coefficient (Wildman–Crippen LogP) is 2.34. The molecule has 0 fully saturated rings. The Morgan fingerprint density at radius 1 is 1.62 bits per heavy atom. The predicted molar refractivity (Wildman–Crippen MR) is 47.5 cm³/mol. The first-order chi connectivity index (χ1) is 5.89. The quantitative estimate of drug-likeness (QED) is 0.899. The van der Waals surface area contributed by atoms with E-state index in [1.165, 1.54) is 11.3 Å². The van der Waals surface area contributed by atoms with Gasteiger partial charge in [-0.1, -0.05) is 0 Å². The van der Waals surface area contributed by atoms with Gasteiger partial charge in [-0.3, -0.25) is 0 Å². The second-order valence-electron chi connectivity index (χ2n) is 2.44. The zero-order valence-corrected chi connectivity index (χ0v) is 8.71. The lowest BCUT2D eigenvalue weighted by Gasteiger charge is -2.13. The zero-order chi connectivity index (χ0) is 10.1. The Bertz CT molecular complexity index is 286. The Hall–Kier alpha value is -0.140. The Morgan fingerprint density at radius 3 is 2.62 bits per heavy atom. The zero-order valence-electron chi connectivity index (χ0n) is 6.31. The van der Waals surface area contributed by atoms with Crippen molar-refractivity contribution in [2.45, 2.75) is 18.6 Å². The molecule has 0 aromatic carbocycles. The molecule has 74 valence electrons. The monoisotopic (exact) mass is 274 g/mol. The molecule has 1 atom stereocenters. The summed E-state index contributed by atoms with van der Waals surface area (Å²) in [5, 5.41) is 1.55. The lowest BCUT2D eigenvalue weighted by atomic mass is 10.2. The molecule has 0 saturated carbocycles. The number of nitrogens with zero attached hydrogens (tertiary/aromatic N) is 1. The molecule has 0 aliphatic carbocycles. The maximum absolute atomic E-state index is 12.0. The molecule has 0 radical (unpaired) electrons. The Balaban J connectivity index is 2.60. The molecule has 1 aromatic rings. The third kappa shape index (κ3) is 3.24. The van der Waals surface area contributed by atoms with Crippen LogP contribution in [0.25, 0.3) is 0 Å². The minimum Gasteiger partial charge on any atom is -0.320 e. The van der Waals surface area contributed by atoms with Crippen LogP contribution in [-0.4, -0.2) is 17.2 Å². The normalized spacial score (nSPS) is 14.5. The van der Waals surface area contributed by atoms with E-state index in [9.17, 15) is 13.2 Å². The topological polar surface area (TPSA) is 38.9 Å². The minimum atomic E-state index is -4.35. The molecule has 13 heavy (non-hydrogen) atoms. The van der Waals surface area contributed by atoms with E-state index in [1.54, 1.807) is 5.38 Å². The molecule has 0 aliphatic heterocycles. The van der Waals surface area contributed by atoms with Crippen LogP contribution in [-0.2, 0) is 6.42 Å². The molecule has 0 spiro atoms. The third-order valence-corrected chi connectivity index (χ3v) is 2.79. The van der Waals surface area contributed by atoms with Gasteiger partial charge < -0.3 is 5.73 Å². The van der Waals surface area contributed by atoms with Crippen molar-refractivity contribution in [1.82, 2.24) is 4.98 Å². The number of rotatable bonds is 2. The summed E-state index contributed by atoms with van der Waals surface area (Å²) in [6, 6.07) is -1.83. The lowest BCUT2D eigenvalue weighted by Crippen LogP contribution is -2.39. The molecule has 1 heterocycles. The number of nitrogens with two attached hydrogens (primary N) is 1. The van der Waals surface area contributed by atoms with Gasteiger partial charge in [0.15, 0.2) is 3.92 Å². The van der Waals surface area contributed by atoms with Crippen molar-refractivity contribution in [2.75, 3.05) is 0 Å². The highest BCUT2D eigenvalue weighted by molar-refractivity contribution is 9.11. The van der Waals surface area contributed by atoms with E-state index in [-0.39, 0.29) is 6.42 Å². The average molecular weight is 275 g/mol. The average Bonchev–Trinajstić information content (AvgIpc) is 2.33. The van der Waals surface area contributed by atoms with E-state index >= 15 is 0 Å². The van der Waals surface area contributed by atoms with Crippen LogP contribution in [0.2, 0.25) is 0 Å². The number of thiazole rings is 1. The van der Waals surface area contributed by atoms with Crippen molar-refractivity contribution in [3.63, 3.8) is 0 Å². The number of alkyl halides is 3. The highest BCUT2D eigenvalue weighted by Crippen LogP contribution is 2.23. The van der Waals surface area contributed by atoms with Gasteiger partial charge in [0.05, 0.1) is 5.69 Å². The highest BCUT2D eigenvalue weighted by atomic mass is 79.9. The Labute approximate surface area is 85.1 Å². The first kappa shape index (κ1) is 10.9. The number of aromatic nitrogens is 1.